The third-order valence-electron chi connectivity index (χ3n) is 4.92. The Morgan fingerprint density at radius 1 is 0.519 bits per heavy atom. The molecule has 0 spiro atoms. The summed E-state index contributed by atoms with van der Waals surface area (Å²) in [7, 11) is -2.19. The smallest absolute Gasteiger partial charge is 0.166 e. The molecule has 0 unspecified atom stereocenters. The van der Waals surface area contributed by atoms with Crippen LogP contribution in [0.1, 0.15) is 5.56 Å². The predicted octanol–water partition coefficient (Wildman–Crippen LogP) is 5.32. The first-order valence-corrected chi connectivity index (χ1v) is 11.1. The fourth-order valence-electron chi connectivity index (χ4n) is 3.68. The Morgan fingerprint density at radius 2 is 0.963 bits per heavy atom. The molecule has 0 aliphatic heterocycles. The monoisotopic (exact) mass is 371 g/mol. The molecule has 27 heavy (non-hydrogen) atoms. The van der Waals surface area contributed by atoms with Crippen LogP contribution in [0.3, 0.4) is 0 Å². The molecule has 4 rings (SSSR count). The molecule has 4 aromatic carbocycles. The molecular formula is C25H21FP+. The molecule has 0 aliphatic rings. The van der Waals surface area contributed by atoms with Crippen LogP contribution in [-0.2, 0) is 6.16 Å². The van der Waals surface area contributed by atoms with Crippen molar-refractivity contribution in [3.8, 4) is 0 Å². The third kappa shape index (κ3) is 3.44. The minimum absolute atomic E-state index is 0.130. The zero-order chi connectivity index (χ0) is 18.5. The first-order chi connectivity index (χ1) is 13.3. The van der Waals surface area contributed by atoms with E-state index < -0.39 is 7.26 Å². The summed E-state index contributed by atoms with van der Waals surface area (Å²) in [6.45, 7) is 0. The Hall–Kier alpha value is -2.76. The molecule has 2 heteroatoms. The molecule has 0 amide bonds. The van der Waals surface area contributed by atoms with Gasteiger partial charge in [0.15, 0.2) is 5.82 Å². The van der Waals surface area contributed by atoms with Crippen molar-refractivity contribution in [2.45, 2.75) is 6.16 Å². The van der Waals surface area contributed by atoms with Gasteiger partial charge in [0.05, 0.1) is 6.16 Å². The molecule has 0 saturated carbocycles. The van der Waals surface area contributed by atoms with Gasteiger partial charge in [-0.1, -0.05) is 78.9 Å². The highest BCUT2D eigenvalue weighted by Gasteiger charge is 2.47. The van der Waals surface area contributed by atoms with E-state index >= 15 is 4.39 Å². The van der Waals surface area contributed by atoms with Gasteiger partial charge >= 0.3 is 0 Å². The van der Waals surface area contributed by atoms with Gasteiger partial charge < -0.3 is 0 Å². The van der Waals surface area contributed by atoms with Crippen LogP contribution in [0.15, 0.2) is 115 Å². The average molecular weight is 371 g/mol. The minimum Gasteiger partial charge on any atom is -0.203 e. The molecule has 0 fully saturated rings. The highest BCUT2D eigenvalue weighted by atomic mass is 31.2. The first kappa shape index (κ1) is 17.6. The van der Waals surface area contributed by atoms with Gasteiger partial charge in [0.2, 0.25) is 0 Å². The maximum absolute atomic E-state index is 15.2. The number of rotatable bonds is 5. The average Bonchev–Trinajstić information content (AvgIpc) is 2.75. The van der Waals surface area contributed by atoms with E-state index in [1.165, 1.54) is 16.2 Å². The van der Waals surface area contributed by atoms with Crippen LogP contribution in [0.4, 0.5) is 4.39 Å². The molecule has 0 N–H and O–H groups in total. The van der Waals surface area contributed by atoms with Gasteiger partial charge in [-0.25, -0.2) is 4.39 Å². The lowest BCUT2D eigenvalue weighted by atomic mass is 10.2. The van der Waals surface area contributed by atoms with Crippen LogP contribution in [0.5, 0.6) is 0 Å². The molecule has 0 radical (unpaired) electrons. The normalized spacial score (nSPS) is 11.3. The molecule has 0 saturated heterocycles. The Morgan fingerprint density at radius 3 is 1.48 bits per heavy atom. The lowest BCUT2D eigenvalue weighted by Gasteiger charge is -2.28. The molecule has 0 nitrogen and oxygen atoms in total. The quantitative estimate of drug-likeness (QED) is 0.417. The number of hydrogen-bond donors (Lipinski definition) is 0. The SMILES string of the molecule is Fc1ccccc1[P+](Cc1ccccc1)(c1ccccc1)c1ccccc1. The molecule has 132 valence electrons. The Bertz CT molecular complexity index is 958. The minimum atomic E-state index is -2.19. The number of benzene rings is 4. The van der Waals surface area contributed by atoms with Gasteiger partial charge in [-0.05, 0) is 42.0 Å². The summed E-state index contributed by atoms with van der Waals surface area (Å²) in [5, 5.41) is 3.21. The van der Waals surface area contributed by atoms with Gasteiger partial charge in [0, 0.05) is 0 Å². The van der Waals surface area contributed by atoms with Gasteiger partial charge in [-0.15, -0.1) is 0 Å². The highest BCUT2D eigenvalue weighted by Crippen LogP contribution is 2.58. The van der Waals surface area contributed by atoms with E-state index in [9.17, 15) is 0 Å². The van der Waals surface area contributed by atoms with Crippen LogP contribution in [-0.4, -0.2) is 0 Å². The third-order valence-corrected chi connectivity index (χ3v) is 9.30. The maximum atomic E-state index is 15.2. The summed E-state index contributed by atoms with van der Waals surface area (Å²) in [6.07, 6.45) is 0.794. The molecular weight excluding hydrogens is 350 g/mol. The summed E-state index contributed by atoms with van der Waals surface area (Å²) in [5.41, 5.74) is 1.22. The van der Waals surface area contributed by atoms with E-state index in [4.69, 9.17) is 0 Å². The van der Waals surface area contributed by atoms with Crippen molar-refractivity contribution in [1.82, 2.24) is 0 Å². The van der Waals surface area contributed by atoms with Crippen LogP contribution in [0.25, 0.3) is 0 Å². The van der Waals surface area contributed by atoms with E-state index in [0.29, 0.717) is 0 Å². The number of halogens is 1. The summed E-state index contributed by atoms with van der Waals surface area (Å²) < 4.78 is 15.2. The Balaban J connectivity index is 2.04. The highest BCUT2D eigenvalue weighted by molar-refractivity contribution is 7.95. The van der Waals surface area contributed by atoms with Crippen molar-refractivity contribution in [1.29, 1.82) is 0 Å². The summed E-state index contributed by atoms with van der Waals surface area (Å²) in [5.74, 6) is -0.130. The van der Waals surface area contributed by atoms with Crippen LogP contribution in [0.2, 0.25) is 0 Å². The zero-order valence-electron chi connectivity index (χ0n) is 15.0. The van der Waals surface area contributed by atoms with Crippen molar-refractivity contribution >= 4 is 23.2 Å². The van der Waals surface area contributed by atoms with E-state index in [2.05, 4.69) is 72.8 Å². The fraction of sp³-hybridized carbons (Fsp3) is 0.0400. The fourth-order valence-corrected chi connectivity index (χ4v) is 7.97. The maximum Gasteiger partial charge on any atom is 0.166 e. The Labute approximate surface area is 160 Å². The summed E-state index contributed by atoms with van der Waals surface area (Å²) >= 11 is 0. The largest absolute Gasteiger partial charge is 0.203 e. The van der Waals surface area contributed by atoms with E-state index in [-0.39, 0.29) is 5.82 Å². The molecule has 0 aliphatic carbocycles. The second-order valence-corrected chi connectivity index (χ2v) is 10.0. The molecule has 0 bridgehead atoms. The van der Waals surface area contributed by atoms with Crippen LogP contribution >= 0.6 is 7.26 Å². The van der Waals surface area contributed by atoms with E-state index in [0.717, 1.165) is 11.5 Å². The zero-order valence-corrected chi connectivity index (χ0v) is 15.9. The topological polar surface area (TPSA) is 0 Å². The number of hydrogen-bond acceptors (Lipinski definition) is 0. The summed E-state index contributed by atoms with van der Waals surface area (Å²) in [6, 6.07) is 38.5. The predicted molar refractivity (Wildman–Crippen MR) is 115 cm³/mol. The second-order valence-electron chi connectivity index (χ2n) is 6.58. The molecule has 0 atom stereocenters. The van der Waals surface area contributed by atoms with Crippen molar-refractivity contribution in [3.63, 3.8) is 0 Å². The second kappa shape index (κ2) is 7.86. The van der Waals surface area contributed by atoms with Gasteiger partial charge in [-0.3, -0.25) is 0 Å². The van der Waals surface area contributed by atoms with E-state index in [1.54, 1.807) is 12.1 Å². The van der Waals surface area contributed by atoms with Crippen molar-refractivity contribution in [2.24, 2.45) is 0 Å². The lowest BCUT2D eigenvalue weighted by molar-refractivity contribution is 0.636. The first-order valence-electron chi connectivity index (χ1n) is 9.09. The van der Waals surface area contributed by atoms with E-state index in [1.807, 2.05) is 30.3 Å². The van der Waals surface area contributed by atoms with Crippen molar-refractivity contribution < 1.29 is 4.39 Å². The molecule has 0 aromatic heterocycles. The van der Waals surface area contributed by atoms with Crippen LogP contribution < -0.4 is 15.9 Å². The van der Waals surface area contributed by atoms with Gasteiger partial charge in [-0.2, -0.15) is 0 Å². The molecule has 4 aromatic rings. The van der Waals surface area contributed by atoms with Crippen LogP contribution in [0, 0.1) is 5.82 Å². The van der Waals surface area contributed by atoms with Gasteiger partial charge in [0.25, 0.3) is 0 Å². The summed E-state index contributed by atoms with van der Waals surface area (Å²) in [4.78, 5) is 0. The van der Waals surface area contributed by atoms with Crippen molar-refractivity contribution in [3.05, 3.63) is 127 Å². The van der Waals surface area contributed by atoms with Gasteiger partial charge in [0.1, 0.15) is 23.2 Å². The van der Waals surface area contributed by atoms with Crippen molar-refractivity contribution in [2.75, 3.05) is 0 Å². The Kier molecular flexibility index (Phi) is 5.14. The standard InChI is InChI=1S/C25H21FP/c26-24-18-10-11-19-25(24)27(22-14-6-2-7-15-22,23-16-8-3-9-17-23)20-21-12-4-1-5-13-21/h1-19H,20H2/q+1. The lowest BCUT2D eigenvalue weighted by Crippen LogP contribution is -2.34. The molecule has 0 heterocycles.